The largest absolute Gasteiger partial charge is 0.356 e. The van der Waals surface area contributed by atoms with Gasteiger partial charge in [0.25, 0.3) is 0 Å². The molecule has 1 N–H and O–H groups in total. The molecule has 2 aromatic rings. The lowest BCUT2D eigenvalue weighted by Crippen LogP contribution is -2.36. The van der Waals surface area contributed by atoms with Crippen molar-refractivity contribution in [3.63, 3.8) is 0 Å². The molecule has 0 aromatic carbocycles. The Morgan fingerprint density at radius 1 is 1.04 bits per heavy atom. The van der Waals surface area contributed by atoms with E-state index in [9.17, 15) is 0 Å². The van der Waals surface area contributed by atoms with E-state index in [1.165, 1.54) is 36.9 Å². The molecule has 2 aliphatic rings. The highest BCUT2D eigenvalue weighted by Gasteiger charge is 2.26. The van der Waals surface area contributed by atoms with Crippen LogP contribution in [0.4, 0.5) is 11.8 Å². The lowest BCUT2D eigenvalue weighted by molar-refractivity contribution is 0.497. The summed E-state index contributed by atoms with van der Waals surface area (Å²) in [5.41, 5.74) is 3.55. The van der Waals surface area contributed by atoms with Gasteiger partial charge < -0.3 is 9.80 Å². The van der Waals surface area contributed by atoms with Crippen LogP contribution in [0, 0.1) is 13.8 Å². The van der Waals surface area contributed by atoms with Crippen molar-refractivity contribution in [2.24, 2.45) is 0 Å². The van der Waals surface area contributed by atoms with Crippen LogP contribution in [0.3, 0.4) is 0 Å². The first-order chi connectivity index (χ1) is 11.7. The third-order valence-electron chi connectivity index (χ3n) is 5.42. The first kappa shape index (κ1) is 15.4. The summed E-state index contributed by atoms with van der Waals surface area (Å²) in [5, 5.41) is 7.26. The summed E-state index contributed by atoms with van der Waals surface area (Å²) in [5.74, 6) is 2.54. The van der Waals surface area contributed by atoms with Crippen LogP contribution in [0.2, 0.25) is 0 Å². The van der Waals surface area contributed by atoms with Crippen molar-refractivity contribution in [1.29, 1.82) is 0 Å². The van der Waals surface area contributed by atoms with Crippen LogP contribution in [-0.2, 0) is 0 Å². The number of H-pyrrole nitrogens is 1. The summed E-state index contributed by atoms with van der Waals surface area (Å²) in [7, 11) is 0. The molecule has 0 radical (unpaired) electrons. The maximum Gasteiger partial charge on any atom is 0.227 e. The van der Waals surface area contributed by atoms with Gasteiger partial charge in [0.1, 0.15) is 5.82 Å². The molecule has 0 aliphatic carbocycles. The Kier molecular flexibility index (Phi) is 4.12. The van der Waals surface area contributed by atoms with Gasteiger partial charge in [0, 0.05) is 55.2 Å². The average Bonchev–Trinajstić information content (AvgIpc) is 3.31. The zero-order valence-corrected chi connectivity index (χ0v) is 14.6. The van der Waals surface area contributed by atoms with Crippen molar-refractivity contribution in [3.05, 3.63) is 29.2 Å². The van der Waals surface area contributed by atoms with Gasteiger partial charge in [-0.2, -0.15) is 10.1 Å². The first-order valence-corrected chi connectivity index (χ1v) is 9.07. The van der Waals surface area contributed by atoms with Crippen LogP contribution >= 0.6 is 0 Å². The minimum absolute atomic E-state index is 0.506. The van der Waals surface area contributed by atoms with E-state index >= 15 is 0 Å². The van der Waals surface area contributed by atoms with Crippen molar-refractivity contribution in [2.75, 3.05) is 36.0 Å². The van der Waals surface area contributed by atoms with E-state index in [4.69, 9.17) is 9.97 Å². The van der Waals surface area contributed by atoms with Gasteiger partial charge in [-0.05, 0) is 45.6 Å². The molecule has 1 atom stereocenters. The summed E-state index contributed by atoms with van der Waals surface area (Å²) in [4.78, 5) is 14.5. The molecule has 6 heteroatoms. The maximum atomic E-state index is 4.97. The molecular weight excluding hydrogens is 300 g/mol. The Hall–Kier alpha value is -2.11. The Morgan fingerprint density at radius 3 is 2.58 bits per heavy atom. The molecule has 2 aliphatic heterocycles. The predicted octanol–water partition coefficient (Wildman–Crippen LogP) is 2.80. The first-order valence-electron chi connectivity index (χ1n) is 9.07. The van der Waals surface area contributed by atoms with Crippen LogP contribution in [-0.4, -0.2) is 46.3 Å². The zero-order valence-electron chi connectivity index (χ0n) is 14.6. The van der Waals surface area contributed by atoms with Crippen molar-refractivity contribution in [1.82, 2.24) is 20.2 Å². The monoisotopic (exact) mass is 326 g/mol. The summed E-state index contributed by atoms with van der Waals surface area (Å²) < 4.78 is 0. The molecule has 0 amide bonds. The molecule has 0 unspecified atom stereocenters. The summed E-state index contributed by atoms with van der Waals surface area (Å²) in [6.45, 7) is 8.49. The Labute approximate surface area is 143 Å². The molecule has 24 heavy (non-hydrogen) atoms. The third kappa shape index (κ3) is 2.85. The van der Waals surface area contributed by atoms with Crippen LogP contribution in [0.25, 0.3) is 0 Å². The number of aromatic amines is 1. The number of aromatic nitrogens is 4. The van der Waals surface area contributed by atoms with Crippen molar-refractivity contribution < 1.29 is 0 Å². The van der Waals surface area contributed by atoms with Gasteiger partial charge in [-0.25, -0.2) is 4.98 Å². The summed E-state index contributed by atoms with van der Waals surface area (Å²) in [6, 6.07) is 2.10. The molecule has 4 heterocycles. The second-order valence-corrected chi connectivity index (χ2v) is 7.05. The van der Waals surface area contributed by atoms with E-state index in [0.29, 0.717) is 5.92 Å². The lowest BCUT2D eigenvalue weighted by atomic mass is 9.94. The molecule has 0 bridgehead atoms. The quantitative estimate of drug-likeness (QED) is 0.940. The Bertz CT molecular complexity index is 690. The van der Waals surface area contributed by atoms with E-state index in [0.717, 1.165) is 43.6 Å². The van der Waals surface area contributed by atoms with Gasteiger partial charge in [-0.3, -0.25) is 5.10 Å². The van der Waals surface area contributed by atoms with Gasteiger partial charge in [0.2, 0.25) is 5.95 Å². The van der Waals surface area contributed by atoms with Crippen molar-refractivity contribution >= 4 is 11.8 Å². The molecule has 0 saturated carbocycles. The number of aryl methyl sites for hydroxylation is 1. The molecule has 6 nitrogen and oxygen atoms in total. The molecule has 0 spiro atoms. The number of hydrogen-bond acceptors (Lipinski definition) is 5. The second-order valence-electron chi connectivity index (χ2n) is 7.05. The lowest BCUT2D eigenvalue weighted by Gasteiger charge is -2.34. The van der Waals surface area contributed by atoms with E-state index in [-0.39, 0.29) is 0 Å². The SMILES string of the molecule is Cc1nc(N2CCCC2)nc(N2CCC[C@@H](c3ccn[nH]3)C2)c1C. The number of hydrogen-bond donors (Lipinski definition) is 1. The van der Waals surface area contributed by atoms with E-state index < -0.39 is 0 Å². The number of rotatable bonds is 3. The topological polar surface area (TPSA) is 60.9 Å². The summed E-state index contributed by atoms with van der Waals surface area (Å²) in [6.07, 6.45) is 6.74. The van der Waals surface area contributed by atoms with Crippen LogP contribution in [0.15, 0.2) is 12.3 Å². The fourth-order valence-corrected chi connectivity index (χ4v) is 3.88. The van der Waals surface area contributed by atoms with Gasteiger partial charge in [0.15, 0.2) is 0 Å². The summed E-state index contributed by atoms with van der Waals surface area (Å²) >= 11 is 0. The van der Waals surface area contributed by atoms with Gasteiger partial charge >= 0.3 is 0 Å². The molecule has 128 valence electrons. The van der Waals surface area contributed by atoms with Crippen molar-refractivity contribution in [2.45, 2.75) is 45.4 Å². The van der Waals surface area contributed by atoms with Gasteiger partial charge in [-0.15, -0.1) is 0 Å². The van der Waals surface area contributed by atoms with Crippen LogP contribution < -0.4 is 9.80 Å². The highest BCUT2D eigenvalue weighted by atomic mass is 15.3. The maximum absolute atomic E-state index is 4.97. The predicted molar refractivity (Wildman–Crippen MR) is 95.7 cm³/mol. The zero-order chi connectivity index (χ0) is 16.5. The minimum atomic E-state index is 0.506. The normalized spacial score (nSPS) is 21.5. The van der Waals surface area contributed by atoms with E-state index in [1.807, 2.05) is 6.20 Å². The molecule has 2 fully saturated rings. The number of anilines is 2. The fourth-order valence-electron chi connectivity index (χ4n) is 3.88. The standard InChI is InChI=1S/C18H26N6/c1-13-14(2)20-18(23-9-3-4-10-23)21-17(13)24-11-5-6-15(12-24)16-7-8-19-22-16/h7-8,15H,3-6,9-12H2,1-2H3,(H,19,22)/t15-/m1/s1. The van der Waals surface area contributed by atoms with Crippen LogP contribution in [0.1, 0.15) is 48.6 Å². The molecule has 2 aromatic heterocycles. The molecule has 4 rings (SSSR count). The average molecular weight is 326 g/mol. The minimum Gasteiger partial charge on any atom is -0.356 e. The number of nitrogens with zero attached hydrogens (tertiary/aromatic N) is 5. The smallest absolute Gasteiger partial charge is 0.227 e. The highest BCUT2D eigenvalue weighted by molar-refractivity contribution is 5.53. The Morgan fingerprint density at radius 2 is 1.83 bits per heavy atom. The van der Waals surface area contributed by atoms with Gasteiger partial charge in [-0.1, -0.05) is 0 Å². The second kappa shape index (κ2) is 6.42. The van der Waals surface area contributed by atoms with Crippen LogP contribution in [0.5, 0.6) is 0 Å². The highest BCUT2D eigenvalue weighted by Crippen LogP contribution is 2.31. The fraction of sp³-hybridized carbons (Fsp3) is 0.611. The number of nitrogens with one attached hydrogen (secondary N) is 1. The third-order valence-corrected chi connectivity index (χ3v) is 5.42. The Balaban J connectivity index is 1.62. The molecule has 2 saturated heterocycles. The number of piperidine rings is 1. The molecular formula is C18H26N6. The van der Waals surface area contributed by atoms with Gasteiger partial charge in [0.05, 0.1) is 0 Å². The van der Waals surface area contributed by atoms with E-state index in [1.54, 1.807) is 0 Å². The van der Waals surface area contributed by atoms with E-state index in [2.05, 4.69) is 39.9 Å². The van der Waals surface area contributed by atoms with Crippen molar-refractivity contribution in [3.8, 4) is 0 Å².